The summed E-state index contributed by atoms with van der Waals surface area (Å²) in [6.45, 7) is 17.2. The summed E-state index contributed by atoms with van der Waals surface area (Å²) in [6, 6.07) is 6.06. The van der Waals surface area contributed by atoms with E-state index in [0.29, 0.717) is 0 Å². The number of benzene rings is 1. The highest BCUT2D eigenvalue weighted by atomic mass is 28.4. The number of alkyl carbamates (subject to hydrolysis) is 1. The molecule has 2 atom stereocenters. The lowest BCUT2D eigenvalue weighted by Crippen LogP contribution is -2.56. The van der Waals surface area contributed by atoms with Crippen LogP contribution in [0.2, 0.25) is 18.1 Å². The van der Waals surface area contributed by atoms with Gasteiger partial charge in [0.05, 0.1) is 12.1 Å². The minimum Gasteiger partial charge on any atom is -0.444 e. The third-order valence-electron chi connectivity index (χ3n) is 5.27. The molecule has 0 spiro atoms. The number of rotatable bonds is 6. The summed E-state index contributed by atoms with van der Waals surface area (Å²) in [5.74, 6) is -0.521. The van der Waals surface area contributed by atoms with Crippen LogP contribution in [0.5, 0.6) is 0 Å². The van der Waals surface area contributed by atoms with E-state index in [9.17, 15) is 14.3 Å². The van der Waals surface area contributed by atoms with E-state index in [0.717, 1.165) is 0 Å². The van der Waals surface area contributed by atoms with Crippen LogP contribution in [0.1, 0.15) is 54.0 Å². The van der Waals surface area contributed by atoms with Crippen molar-refractivity contribution in [3.8, 4) is 0 Å². The Bertz CT molecular complexity index is 682. The summed E-state index contributed by atoms with van der Waals surface area (Å²) in [7, 11) is -2.14. The molecular weight excluding hydrogens is 377 g/mol. The van der Waals surface area contributed by atoms with Crippen molar-refractivity contribution >= 4 is 14.4 Å². The molecule has 0 aliphatic rings. The first kappa shape index (κ1) is 24.6. The fraction of sp³-hybridized carbons (Fsp3) is 0.667. The van der Waals surface area contributed by atoms with Gasteiger partial charge < -0.3 is 19.6 Å². The lowest BCUT2D eigenvalue weighted by atomic mass is 9.86. The Kier molecular flexibility index (Phi) is 7.47. The fourth-order valence-corrected chi connectivity index (χ4v) is 3.41. The van der Waals surface area contributed by atoms with Crippen LogP contribution in [0.3, 0.4) is 0 Å². The molecule has 2 N–H and O–H groups in total. The van der Waals surface area contributed by atoms with Crippen molar-refractivity contribution in [3.63, 3.8) is 0 Å². The Morgan fingerprint density at radius 2 is 1.68 bits per heavy atom. The maximum Gasteiger partial charge on any atom is 0.408 e. The predicted molar refractivity (Wildman–Crippen MR) is 112 cm³/mol. The van der Waals surface area contributed by atoms with Gasteiger partial charge in [0.25, 0.3) is 0 Å². The predicted octanol–water partition coefficient (Wildman–Crippen LogP) is 4.95. The van der Waals surface area contributed by atoms with Gasteiger partial charge in [0.2, 0.25) is 0 Å². The minimum absolute atomic E-state index is 0.0306. The van der Waals surface area contributed by atoms with E-state index >= 15 is 0 Å². The molecule has 0 saturated heterocycles. The molecule has 0 aromatic heterocycles. The summed E-state index contributed by atoms with van der Waals surface area (Å²) in [5, 5.41) is 13.6. The highest BCUT2D eigenvalue weighted by Crippen LogP contribution is 2.37. The quantitative estimate of drug-likeness (QED) is 0.648. The molecule has 1 aromatic carbocycles. The molecule has 0 saturated carbocycles. The van der Waals surface area contributed by atoms with E-state index < -0.39 is 37.5 Å². The van der Waals surface area contributed by atoms with Crippen LogP contribution in [0.4, 0.5) is 9.18 Å². The zero-order valence-electron chi connectivity index (χ0n) is 18.6. The lowest BCUT2D eigenvalue weighted by Gasteiger charge is -2.40. The highest BCUT2D eigenvalue weighted by molar-refractivity contribution is 6.74. The summed E-state index contributed by atoms with van der Waals surface area (Å²) in [6.07, 6.45) is -1.91. The molecule has 0 heterocycles. The summed E-state index contributed by atoms with van der Waals surface area (Å²) in [5.41, 5.74) is -1.97. The molecule has 160 valence electrons. The van der Waals surface area contributed by atoms with Crippen LogP contribution in [-0.4, -0.2) is 37.8 Å². The van der Waals surface area contributed by atoms with Crippen molar-refractivity contribution in [3.05, 3.63) is 35.6 Å². The van der Waals surface area contributed by atoms with E-state index in [2.05, 4.69) is 39.2 Å². The van der Waals surface area contributed by atoms with Crippen molar-refractivity contribution in [1.82, 2.24) is 5.32 Å². The van der Waals surface area contributed by atoms with Crippen LogP contribution >= 0.6 is 0 Å². The van der Waals surface area contributed by atoms with Gasteiger partial charge in [-0.25, -0.2) is 9.18 Å². The first-order valence-corrected chi connectivity index (χ1v) is 12.5. The SMILES string of the molecule is CC(C)(C)OC(=O)N[C@](C)(c1ccccc1F)C(O)CO[Si](C)(C)C(C)(C)C. The monoisotopic (exact) mass is 413 g/mol. The minimum atomic E-state index is -2.14. The van der Waals surface area contributed by atoms with Crippen LogP contribution < -0.4 is 5.32 Å². The highest BCUT2D eigenvalue weighted by Gasteiger charge is 2.43. The zero-order valence-corrected chi connectivity index (χ0v) is 19.6. The van der Waals surface area contributed by atoms with Gasteiger partial charge >= 0.3 is 6.09 Å². The lowest BCUT2D eigenvalue weighted by molar-refractivity contribution is 0.00421. The van der Waals surface area contributed by atoms with Crippen LogP contribution in [0.15, 0.2) is 24.3 Å². The average Bonchev–Trinajstić information content (AvgIpc) is 2.49. The van der Waals surface area contributed by atoms with E-state index in [1.54, 1.807) is 45.9 Å². The van der Waals surface area contributed by atoms with Gasteiger partial charge in [-0.05, 0) is 51.9 Å². The number of amides is 1. The van der Waals surface area contributed by atoms with Crippen molar-refractivity contribution in [2.75, 3.05) is 6.61 Å². The molecule has 0 aliphatic carbocycles. The number of aliphatic hydroxyl groups excluding tert-OH is 1. The first-order chi connectivity index (χ1) is 12.5. The molecule has 5 nitrogen and oxygen atoms in total. The Labute approximate surface area is 169 Å². The fourth-order valence-electron chi connectivity index (χ4n) is 2.40. The Morgan fingerprint density at radius 3 is 2.14 bits per heavy atom. The molecule has 1 amide bonds. The smallest absolute Gasteiger partial charge is 0.408 e. The molecule has 1 unspecified atom stereocenters. The second-order valence-electron chi connectivity index (χ2n) is 9.90. The number of ether oxygens (including phenoxy) is 1. The molecule has 0 aliphatic heterocycles. The second kappa shape index (κ2) is 8.51. The largest absolute Gasteiger partial charge is 0.444 e. The number of hydrogen-bond acceptors (Lipinski definition) is 4. The number of halogens is 1. The van der Waals surface area contributed by atoms with Crippen molar-refractivity contribution in [1.29, 1.82) is 0 Å². The second-order valence-corrected chi connectivity index (χ2v) is 14.7. The van der Waals surface area contributed by atoms with Gasteiger partial charge in [0, 0.05) is 5.56 Å². The molecular formula is C21H36FNO4Si. The van der Waals surface area contributed by atoms with Gasteiger partial charge in [0.1, 0.15) is 17.5 Å². The molecule has 28 heavy (non-hydrogen) atoms. The van der Waals surface area contributed by atoms with E-state index in [1.165, 1.54) is 6.07 Å². The number of hydrogen-bond donors (Lipinski definition) is 2. The number of aliphatic hydroxyl groups is 1. The number of carbonyl (C=O) groups is 1. The van der Waals surface area contributed by atoms with Gasteiger partial charge in [-0.3, -0.25) is 0 Å². The van der Waals surface area contributed by atoms with Gasteiger partial charge in [0.15, 0.2) is 8.32 Å². The topological polar surface area (TPSA) is 67.8 Å². The normalized spacial score (nSPS) is 16.2. The molecule has 0 bridgehead atoms. The van der Waals surface area contributed by atoms with Crippen molar-refractivity contribution in [2.24, 2.45) is 0 Å². The van der Waals surface area contributed by atoms with Crippen molar-refractivity contribution in [2.45, 2.75) is 83.8 Å². The van der Waals surface area contributed by atoms with E-state index in [4.69, 9.17) is 9.16 Å². The summed E-state index contributed by atoms with van der Waals surface area (Å²) < 4.78 is 26.0. The van der Waals surface area contributed by atoms with Gasteiger partial charge in [-0.2, -0.15) is 0 Å². The Hall–Kier alpha value is -1.44. The maximum atomic E-state index is 14.6. The standard InChI is InChI=1S/C21H36FNO4Si/c1-19(2,3)27-18(25)23-21(7,15-12-10-11-13-16(15)22)17(24)14-26-28(8,9)20(4,5)6/h10-13,17,24H,14H2,1-9H3,(H,23,25)/t17?,21-/m1/s1. The third kappa shape index (κ3) is 6.29. The first-order valence-electron chi connectivity index (χ1n) is 9.58. The molecule has 7 heteroatoms. The van der Waals surface area contributed by atoms with Crippen LogP contribution in [0.25, 0.3) is 0 Å². The third-order valence-corrected chi connectivity index (χ3v) is 9.77. The molecule has 0 fully saturated rings. The van der Waals surface area contributed by atoms with Gasteiger partial charge in [-0.15, -0.1) is 0 Å². The van der Waals surface area contributed by atoms with Gasteiger partial charge in [-0.1, -0.05) is 39.0 Å². The summed E-state index contributed by atoms with van der Waals surface area (Å²) >= 11 is 0. The molecule has 1 aromatic rings. The van der Waals surface area contributed by atoms with Crippen molar-refractivity contribution < 1.29 is 23.5 Å². The Morgan fingerprint density at radius 1 is 1.14 bits per heavy atom. The molecule has 0 radical (unpaired) electrons. The van der Waals surface area contributed by atoms with Crippen LogP contribution in [0, 0.1) is 5.82 Å². The maximum absolute atomic E-state index is 14.6. The number of carbonyl (C=O) groups excluding carboxylic acids is 1. The average molecular weight is 414 g/mol. The van der Waals surface area contributed by atoms with Crippen LogP contribution in [-0.2, 0) is 14.7 Å². The van der Waals surface area contributed by atoms with E-state index in [1.807, 2.05) is 0 Å². The Balaban J connectivity index is 3.17. The number of nitrogens with one attached hydrogen (secondary N) is 1. The van der Waals surface area contributed by atoms with E-state index in [-0.39, 0.29) is 17.2 Å². The summed E-state index contributed by atoms with van der Waals surface area (Å²) in [4.78, 5) is 12.4. The molecule has 1 rings (SSSR count). The zero-order chi connectivity index (χ0) is 22.0.